The lowest BCUT2D eigenvalue weighted by atomic mass is 10.3. The highest BCUT2D eigenvalue weighted by atomic mass is 16.6. The molecule has 0 unspecified atom stereocenters. The van der Waals surface area contributed by atoms with Crippen molar-refractivity contribution < 1.29 is 19.2 Å². The Bertz CT molecular complexity index is 522. The molecule has 0 saturated carbocycles. The van der Waals surface area contributed by atoms with Gasteiger partial charge in [-0.25, -0.2) is 4.79 Å². The topological polar surface area (TPSA) is 98.5 Å². The molecule has 0 spiro atoms. The number of carbonyl (C=O) groups is 2. The summed E-state index contributed by atoms with van der Waals surface area (Å²) in [6.07, 6.45) is 3.57. The molecule has 0 atom stereocenters. The standard InChI is InChI=1S/C13H14N2O5/c1-2-3-4-13(17)20-9-12(16)14-10-5-7-11(8-6-10)15(18)19/h3-8H,2,9H2,1H3,(H,14,16)/b4-3+. The highest BCUT2D eigenvalue weighted by molar-refractivity contribution is 5.93. The van der Waals surface area contributed by atoms with Crippen LogP contribution in [0.15, 0.2) is 36.4 Å². The van der Waals surface area contributed by atoms with Gasteiger partial charge >= 0.3 is 5.97 Å². The van der Waals surface area contributed by atoms with Gasteiger partial charge in [0.2, 0.25) is 0 Å². The van der Waals surface area contributed by atoms with Crippen LogP contribution in [0, 0.1) is 10.1 Å². The van der Waals surface area contributed by atoms with Crippen LogP contribution in [0.4, 0.5) is 11.4 Å². The number of nitrogens with one attached hydrogen (secondary N) is 1. The first-order valence-electron chi connectivity index (χ1n) is 5.90. The maximum absolute atomic E-state index is 11.5. The maximum Gasteiger partial charge on any atom is 0.330 e. The second-order valence-electron chi connectivity index (χ2n) is 3.77. The zero-order valence-corrected chi connectivity index (χ0v) is 10.9. The number of nitrogens with zero attached hydrogens (tertiary/aromatic N) is 1. The number of nitro groups is 1. The number of non-ortho nitro benzene ring substituents is 1. The Balaban J connectivity index is 2.44. The van der Waals surface area contributed by atoms with E-state index in [1.165, 1.54) is 30.3 Å². The predicted octanol–water partition coefficient (Wildman–Crippen LogP) is 2.04. The van der Waals surface area contributed by atoms with Gasteiger partial charge in [0.25, 0.3) is 11.6 Å². The first kappa shape index (κ1) is 15.4. The number of benzene rings is 1. The molecule has 0 fully saturated rings. The summed E-state index contributed by atoms with van der Waals surface area (Å²) >= 11 is 0. The second-order valence-corrected chi connectivity index (χ2v) is 3.77. The first-order chi connectivity index (χ1) is 9.52. The van der Waals surface area contributed by atoms with Crippen LogP contribution in [0.1, 0.15) is 13.3 Å². The molecule has 106 valence electrons. The van der Waals surface area contributed by atoms with E-state index < -0.39 is 23.4 Å². The Morgan fingerprint density at radius 3 is 2.55 bits per heavy atom. The van der Waals surface area contributed by atoms with Gasteiger partial charge in [-0.05, 0) is 18.6 Å². The quantitative estimate of drug-likeness (QED) is 0.371. The van der Waals surface area contributed by atoms with E-state index in [0.29, 0.717) is 12.1 Å². The second kappa shape index (κ2) is 7.67. The van der Waals surface area contributed by atoms with Crippen molar-refractivity contribution >= 4 is 23.3 Å². The van der Waals surface area contributed by atoms with Crippen molar-refractivity contribution in [3.8, 4) is 0 Å². The van der Waals surface area contributed by atoms with Gasteiger partial charge in [-0.2, -0.15) is 0 Å². The number of carbonyl (C=O) groups excluding carboxylic acids is 2. The zero-order chi connectivity index (χ0) is 15.0. The van der Waals surface area contributed by atoms with E-state index in [2.05, 4.69) is 5.32 Å². The molecular weight excluding hydrogens is 264 g/mol. The summed E-state index contributed by atoms with van der Waals surface area (Å²) in [5.41, 5.74) is 0.319. The predicted molar refractivity (Wildman–Crippen MR) is 72.1 cm³/mol. The van der Waals surface area contributed by atoms with E-state index in [4.69, 9.17) is 4.74 Å². The van der Waals surface area contributed by atoms with Crippen molar-refractivity contribution in [2.24, 2.45) is 0 Å². The smallest absolute Gasteiger partial charge is 0.330 e. The van der Waals surface area contributed by atoms with E-state index in [1.807, 2.05) is 6.92 Å². The number of nitro benzene ring substituents is 1. The van der Waals surface area contributed by atoms with Crippen molar-refractivity contribution in [1.82, 2.24) is 0 Å². The van der Waals surface area contributed by atoms with Gasteiger partial charge in [-0.3, -0.25) is 14.9 Å². The molecular formula is C13H14N2O5. The number of rotatable bonds is 6. The van der Waals surface area contributed by atoms with Gasteiger partial charge in [0.05, 0.1) is 4.92 Å². The van der Waals surface area contributed by atoms with Gasteiger partial charge in [0.15, 0.2) is 6.61 Å². The van der Waals surface area contributed by atoms with E-state index in [0.717, 1.165) is 0 Å². The van der Waals surface area contributed by atoms with Gasteiger partial charge < -0.3 is 10.1 Å². The molecule has 0 saturated heterocycles. The molecule has 1 amide bonds. The summed E-state index contributed by atoms with van der Waals surface area (Å²) in [6, 6.07) is 5.33. The molecule has 0 radical (unpaired) electrons. The summed E-state index contributed by atoms with van der Waals surface area (Å²) in [7, 11) is 0. The van der Waals surface area contributed by atoms with Gasteiger partial charge in [-0.15, -0.1) is 0 Å². The Labute approximate surface area is 115 Å². The third-order valence-corrected chi connectivity index (χ3v) is 2.20. The lowest BCUT2D eigenvalue weighted by molar-refractivity contribution is -0.384. The van der Waals surface area contributed by atoms with Gasteiger partial charge in [0.1, 0.15) is 0 Å². The summed E-state index contributed by atoms with van der Waals surface area (Å²) in [4.78, 5) is 32.5. The largest absolute Gasteiger partial charge is 0.452 e. The lowest BCUT2D eigenvalue weighted by Crippen LogP contribution is -2.20. The van der Waals surface area contributed by atoms with Crippen molar-refractivity contribution in [1.29, 1.82) is 0 Å². The number of allylic oxidation sites excluding steroid dienone is 1. The molecule has 0 aromatic heterocycles. The van der Waals surface area contributed by atoms with E-state index >= 15 is 0 Å². The van der Waals surface area contributed by atoms with E-state index in [1.54, 1.807) is 6.08 Å². The molecule has 20 heavy (non-hydrogen) atoms. The highest BCUT2D eigenvalue weighted by Crippen LogP contribution is 2.15. The molecule has 0 aliphatic heterocycles. The molecule has 1 rings (SSSR count). The average Bonchev–Trinajstić information content (AvgIpc) is 2.43. The third kappa shape index (κ3) is 5.30. The minimum atomic E-state index is -0.592. The fourth-order valence-electron chi connectivity index (χ4n) is 1.26. The summed E-state index contributed by atoms with van der Waals surface area (Å²) in [5, 5.41) is 12.9. The van der Waals surface area contributed by atoms with Crippen molar-refractivity contribution in [2.75, 3.05) is 11.9 Å². The Morgan fingerprint density at radius 1 is 1.35 bits per heavy atom. The van der Waals surface area contributed by atoms with E-state index in [9.17, 15) is 19.7 Å². The highest BCUT2D eigenvalue weighted by Gasteiger charge is 2.07. The maximum atomic E-state index is 11.5. The van der Waals surface area contributed by atoms with Crippen molar-refractivity contribution in [2.45, 2.75) is 13.3 Å². The summed E-state index contributed by atoms with van der Waals surface area (Å²) < 4.78 is 4.69. The molecule has 7 heteroatoms. The zero-order valence-electron chi connectivity index (χ0n) is 10.9. The SMILES string of the molecule is CC/C=C/C(=O)OCC(=O)Nc1ccc([N+](=O)[O-])cc1. The van der Waals surface area contributed by atoms with Gasteiger partial charge in [0, 0.05) is 23.9 Å². The Hall–Kier alpha value is -2.70. The summed E-state index contributed by atoms with van der Waals surface area (Å²) in [5.74, 6) is -1.11. The molecule has 0 heterocycles. The fraction of sp³-hybridized carbons (Fsp3) is 0.231. The number of esters is 1. The van der Waals surface area contributed by atoms with Gasteiger partial charge in [-0.1, -0.05) is 13.0 Å². The molecule has 1 aromatic rings. The number of hydrogen-bond donors (Lipinski definition) is 1. The molecule has 0 aliphatic carbocycles. The van der Waals surface area contributed by atoms with Crippen LogP contribution < -0.4 is 5.32 Å². The van der Waals surface area contributed by atoms with Crippen molar-refractivity contribution in [3.05, 3.63) is 46.5 Å². The molecule has 0 bridgehead atoms. The Morgan fingerprint density at radius 2 is 2.00 bits per heavy atom. The molecule has 0 aliphatic rings. The molecule has 1 aromatic carbocycles. The van der Waals surface area contributed by atoms with Crippen LogP contribution in [0.3, 0.4) is 0 Å². The molecule has 7 nitrogen and oxygen atoms in total. The van der Waals surface area contributed by atoms with Crippen LogP contribution in [0.5, 0.6) is 0 Å². The normalized spacial score (nSPS) is 10.2. The third-order valence-electron chi connectivity index (χ3n) is 2.20. The number of ether oxygens (including phenoxy) is 1. The van der Waals surface area contributed by atoms with Crippen molar-refractivity contribution in [3.63, 3.8) is 0 Å². The lowest BCUT2D eigenvalue weighted by Gasteiger charge is -2.05. The first-order valence-corrected chi connectivity index (χ1v) is 5.90. The number of anilines is 1. The monoisotopic (exact) mass is 278 g/mol. The van der Waals surface area contributed by atoms with Crippen LogP contribution >= 0.6 is 0 Å². The van der Waals surface area contributed by atoms with E-state index in [-0.39, 0.29) is 5.69 Å². The van der Waals surface area contributed by atoms with Crippen LogP contribution in [-0.4, -0.2) is 23.4 Å². The number of hydrogen-bond acceptors (Lipinski definition) is 5. The van der Waals surface area contributed by atoms with Crippen LogP contribution in [-0.2, 0) is 14.3 Å². The van der Waals surface area contributed by atoms with Crippen LogP contribution in [0.25, 0.3) is 0 Å². The number of amides is 1. The van der Waals surface area contributed by atoms with Crippen LogP contribution in [0.2, 0.25) is 0 Å². The fourth-order valence-corrected chi connectivity index (χ4v) is 1.26. The average molecular weight is 278 g/mol. The summed E-state index contributed by atoms with van der Waals surface area (Å²) in [6.45, 7) is 1.45. The Kier molecular flexibility index (Phi) is 5.89. The molecule has 1 N–H and O–H groups in total. The minimum absolute atomic E-state index is 0.0703. The minimum Gasteiger partial charge on any atom is -0.452 e.